The number of hydrogen-bond acceptors (Lipinski definition) is 7. The van der Waals surface area contributed by atoms with E-state index in [0.717, 1.165) is 74.0 Å². The molecule has 2 aliphatic heterocycles. The topological polar surface area (TPSA) is 63.3 Å². The van der Waals surface area contributed by atoms with Gasteiger partial charge in [0.05, 0.1) is 12.7 Å². The third-order valence-corrected chi connectivity index (χ3v) is 7.60. The Bertz CT molecular complexity index is 1010. The number of fused-ring (bicyclic) bond motifs is 2. The Labute approximate surface area is 190 Å². The smallest absolute Gasteiger partial charge is 0.341 e. The predicted octanol–water partition coefficient (Wildman–Crippen LogP) is 3.27. The molecule has 0 atom stereocenters. The molecule has 1 saturated heterocycles. The standard InChI is InChI=1S/C22H25N3O4S2/c1-27-21(26)19-15-3-2-4-18(15)31-20(19)23-22(30)25-9-7-24(8-10-25)12-14-5-6-16-17(11-14)29-13-28-16/h5-6,11H,2-4,7-10,12-13H2,1H3,(H,23,30). The van der Waals surface area contributed by atoms with Crippen molar-refractivity contribution in [1.29, 1.82) is 0 Å². The molecule has 0 bridgehead atoms. The van der Waals surface area contributed by atoms with Crippen LogP contribution in [0.4, 0.5) is 5.00 Å². The summed E-state index contributed by atoms with van der Waals surface area (Å²) < 4.78 is 15.9. The molecule has 0 spiro atoms. The molecule has 0 radical (unpaired) electrons. The number of carbonyl (C=O) groups is 1. The van der Waals surface area contributed by atoms with Gasteiger partial charge in [0.1, 0.15) is 5.00 Å². The van der Waals surface area contributed by atoms with Gasteiger partial charge in [-0.15, -0.1) is 11.3 Å². The van der Waals surface area contributed by atoms with Crippen LogP contribution in [0.2, 0.25) is 0 Å². The van der Waals surface area contributed by atoms with Crippen molar-refractivity contribution in [3.8, 4) is 11.5 Å². The Morgan fingerprint density at radius 1 is 1.19 bits per heavy atom. The first-order chi connectivity index (χ1) is 15.1. The fourth-order valence-electron chi connectivity index (χ4n) is 4.39. The Balaban J connectivity index is 1.19. The van der Waals surface area contributed by atoms with Crippen LogP contribution in [-0.4, -0.2) is 61.0 Å². The van der Waals surface area contributed by atoms with Crippen molar-refractivity contribution in [2.75, 3.05) is 45.4 Å². The van der Waals surface area contributed by atoms with E-state index < -0.39 is 0 Å². The van der Waals surface area contributed by atoms with Crippen molar-refractivity contribution >= 4 is 39.6 Å². The van der Waals surface area contributed by atoms with E-state index in [1.54, 1.807) is 11.3 Å². The summed E-state index contributed by atoms with van der Waals surface area (Å²) >= 11 is 7.33. The van der Waals surface area contributed by atoms with Gasteiger partial charge in [0.25, 0.3) is 0 Å². The minimum atomic E-state index is -0.279. The minimum absolute atomic E-state index is 0.279. The maximum absolute atomic E-state index is 12.4. The number of nitrogens with zero attached hydrogens (tertiary/aromatic N) is 2. The number of carbonyl (C=O) groups excluding carboxylic acids is 1. The molecular formula is C22H25N3O4S2. The second-order valence-electron chi connectivity index (χ2n) is 7.93. The van der Waals surface area contributed by atoms with Crippen molar-refractivity contribution in [2.45, 2.75) is 25.8 Å². The first-order valence-corrected chi connectivity index (χ1v) is 11.7. The average Bonchev–Trinajstić information content (AvgIpc) is 3.49. The van der Waals surface area contributed by atoms with E-state index in [-0.39, 0.29) is 5.97 Å². The van der Waals surface area contributed by atoms with E-state index in [2.05, 4.69) is 27.2 Å². The molecule has 0 amide bonds. The van der Waals surface area contributed by atoms with E-state index in [1.165, 1.54) is 17.6 Å². The summed E-state index contributed by atoms with van der Waals surface area (Å²) in [7, 11) is 1.43. The molecule has 31 heavy (non-hydrogen) atoms. The molecule has 0 unspecified atom stereocenters. The first kappa shape index (κ1) is 20.5. The summed E-state index contributed by atoms with van der Waals surface area (Å²) in [6.07, 6.45) is 3.06. The average molecular weight is 460 g/mol. The molecule has 1 aliphatic carbocycles. The Morgan fingerprint density at radius 2 is 2.00 bits per heavy atom. The zero-order valence-electron chi connectivity index (χ0n) is 17.4. The molecule has 9 heteroatoms. The van der Waals surface area contributed by atoms with Gasteiger partial charge in [-0.05, 0) is 54.7 Å². The van der Waals surface area contributed by atoms with Gasteiger partial charge in [-0.25, -0.2) is 4.79 Å². The second kappa shape index (κ2) is 8.64. The maximum Gasteiger partial charge on any atom is 0.341 e. The largest absolute Gasteiger partial charge is 0.465 e. The van der Waals surface area contributed by atoms with Crippen molar-refractivity contribution in [1.82, 2.24) is 9.80 Å². The first-order valence-electron chi connectivity index (χ1n) is 10.5. The van der Waals surface area contributed by atoms with Gasteiger partial charge in [0.2, 0.25) is 6.79 Å². The molecule has 1 fully saturated rings. The Kier molecular flexibility index (Phi) is 5.73. The van der Waals surface area contributed by atoms with Crippen LogP contribution in [0.1, 0.15) is 32.8 Å². The third-order valence-electron chi connectivity index (χ3n) is 6.03. The van der Waals surface area contributed by atoms with Crippen LogP contribution < -0.4 is 14.8 Å². The van der Waals surface area contributed by atoms with Crippen molar-refractivity contribution in [3.63, 3.8) is 0 Å². The maximum atomic E-state index is 12.4. The molecular weight excluding hydrogens is 434 g/mol. The number of hydrogen-bond donors (Lipinski definition) is 1. The predicted molar refractivity (Wildman–Crippen MR) is 123 cm³/mol. The van der Waals surface area contributed by atoms with Gasteiger partial charge in [-0.3, -0.25) is 4.90 Å². The summed E-state index contributed by atoms with van der Waals surface area (Å²) in [5, 5.41) is 4.84. The minimum Gasteiger partial charge on any atom is -0.465 e. The number of methoxy groups -OCH3 is 1. The lowest BCUT2D eigenvalue weighted by Gasteiger charge is -2.36. The van der Waals surface area contributed by atoms with Gasteiger partial charge in [-0.1, -0.05) is 6.07 Å². The number of ether oxygens (including phenoxy) is 3. The number of aryl methyl sites for hydroxylation is 1. The van der Waals surface area contributed by atoms with Gasteiger partial charge in [0, 0.05) is 37.6 Å². The van der Waals surface area contributed by atoms with Gasteiger partial charge < -0.3 is 24.4 Å². The molecule has 7 nitrogen and oxygen atoms in total. The summed E-state index contributed by atoms with van der Waals surface area (Å²) in [6.45, 7) is 4.69. The van der Waals surface area contributed by atoms with Gasteiger partial charge in [0.15, 0.2) is 16.6 Å². The van der Waals surface area contributed by atoms with Crippen LogP contribution >= 0.6 is 23.6 Å². The SMILES string of the molecule is COC(=O)c1c(NC(=S)N2CCN(Cc3ccc4c(c3)OCO4)CC2)sc2c1CCC2. The molecule has 1 aromatic carbocycles. The van der Waals surface area contributed by atoms with E-state index in [9.17, 15) is 4.79 Å². The van der Waals surface area contributed by atoms with Crippen LogP contribution in [0.5, 0.6) is 11.5 Å². The number of piperazine rings is 1. The summed E-state index contributed by atoms with van der Waals surface area (Å²) in [6, 6.07) is 6.13. The molecule has 1 aromatic heterocycles. The highest BCUT2D eigenvalue weighted by molar-refractivity contribution is 7.80. The highest BCUT2D eigenvalue weighted by Crippen LogP contribution is 2.39. The molecule has 2 aromatic rings. The molecule has 0 saturated carbocycles. The lowest BCUT2D eigenvalue weighted by atomic mass is 10.1. The van der Waals surface area contributed by atoms with Crippen molar-refractivity contribution < 1.29 is 19.0 Å². The Morgan fingerprint density at radius 3 is 2.81 bits per heavy atom. The number of nitrogens with one attached hydrogen (secondary N) is 1. The highest BCUT2D eigenvalue weighted by Gasteiger charge is 2.29. The van der Waals surface area contributed by atoms with Crippen LogP contribution in [-0.2, 0) is 24.1 Å². The van der Waals surface area contributed by atoms with E-state index in [0.29, 0.717) is 17.5 Å². The number of rotatable bonds is 4. The molecule has 164 valence electrons. The summed E-state index contributed by atoms with van der Waals surface area (Å²) in [5.41, 5.74) is 3.02. The number of thiophene rings is 1. The summed E-state index contributed by atoms with van der Waals surface area (Å²) in [5.74, 6) is 1.36. The monoisotopic (exact) mass is 459 g/mol. The lowest BCUT2D eigenvalue weighted by Crippen LogP contribution is -2.49. The number of esters is 1. The van der Waals surface area contributed by atoms with Crippen molar-refractivity contribution in [3.05, 3.63) is 39.8 Å². The van der Waals surface area contributed by atoms with Gasteiger partial charge >= 0.3 is 5.97 Å². The number of benzene rings is 1. The fraction of sp³-hybridized carbons (Fsp3) is 0.455. The van der Waals surface area contributed by atoms with Crippen LogP contribution in [0.25, 0.3) is 0 Å². The quantitative estimate of drug-likeness (QED) is 0.552. The van der Waals surface area contributed by atoms with E-state index in [1.807, 2.05) is 6.07 Å². The van der Waals surface area contributed by atoms with E-state index >= 15 is 0 Å². The van der Waals surface area contributed by atoms with Crippen LogP contribution in [0, 0.1) is 0 Å². The van der Waals surface area contributed by atoms with Crippen LogP contribution in [0.15, 0.2) is 18.2 Å². The van der Waals surface area contributed by atoms with E-state index in [4.69, 9.17) is 26.4 Å². The van der Waals surface area contributed by atoms with Crippen LogP contribution in [0.3, 0.4) is 0 Å². The number of thiocarbonyl (C=S) groups is 1. The molecule has 5 rings (SSSR count). The molecule has 3 aliphatic rings. The normalized spacial score (nSPS) is 17.5. The zero-order chi connectivity index (χ0) is 21.4. The fourth-order valence-corrected chi connectivity index (χ4v) is 6.02. The lowest BCUT2D eigenvalue weighted by molar-refractivity contribution is 0.0601. The highest BCUT2D eigenvalue weighted by atomic mass is 32.1. The number of anilines is 1. The molecule has 3 heterocycles. The Hall–Kier alpha value is -2.36. The summed E-state index contributed by atoms with van der Waals surface area (Å²) in [4.78, 5) is 18.2. The second-order valence-corrected chi connectivity index (χ2v) is 9.43. The zero-order valence-corrected chi connectivity index (χ0v) is 19.1. The molecule has 1 N–H and O–H groups in total. The third kappa shape index (κ3) is 4.09. The van der Waals surface area contributed by atoms with Crippen molar-refractivity contribution in [2.24, 2.45) is 0 Å². The van der Waals surface area contributed by atoms with Gasteiger partial charge in [-0.2, -0.15) is 0 Å².